The average molecular weight is 392 g/mol. The van der Waals surface area contributed by atoms with Crippen LogP contribution in [0, 0.1) is 0 Å². The zero-order valence-electron chi connectivity index (χ0n) is 16.6. The molecule has 0 unspecified atom stereocenters. The molecule has 0 aliphatic carbocycles. The minimum absolute atomic E-state index is 0.112. The summed E-state index contributed by atoms with van der Waals surface area (Å²) in [4.78, 5) is 20.8. The number of hydrogen-bond donors (Lipinski definition) is 2. The normalized spacial score (nSPS) is 9.08. The molecule has 0 saturated heterocycles. The lowest BCUT2D eigenvalue weighted by atomic mass is 10.2. The summed E-state index contributed by atoms with van der Waals surface area (Å²) in [6.07, 6.45) is 6.54. The smallest absolute Gasteiger partial charge is 0.308 e. The molecule has 0 atom stereocenters. The van der Waals surface area contributed by atoms with Crippen LogP contribution in [0.15, 0.2) is 48.8 Å². The molecule has 0 aromatic heterocycles. The second-order valence-electron chi connectivity index (χ2n) is 4.06. The lowest BCUT2D eigenvalue weighted by Gasteiger charge is -2.04. The van der Waals surface area contributed by atoms with E-state index in [0.29, 0.717) is 11.3 Å². The predicted molar refractivity (Wildman–Crippen MR) is 107 cm³/mol. The molecular formula is C18H33NO6S. The molecule has 26 heavy (non-hydrogen) atoms. The van der Waals surface area contributed by atoms with Gasteiger partial charge < -0.3 is 10.5 Å². The highest BCUT2D eigenvalue weighted by molar-refractivity contribution is 7.85. The molecule has 0 amide bonds. The van der Waals surface area contributed by atoms with Crippen LogP contribution in [0.4, 0.5) is 0 Å². The molecular weight excluding hydrogens is 358 g/mol. The molecule has 3 N–H and O–H groups in total. The highest BCUT2D eigenvalue weighted by atomic mass is 32.2. The maximum Gasteiger partial charge on any atom is 0.308 e. The van der Waals surface area contributed by atoms with Gasteiger partial charge in [0, 0.05) is 18.9 Å². The Hall–Kier alpha value is -2.03. The number of ketones is 1. The van der Waals surface area contributed by atoms with Gasteiger partial charge in [0.15, 0.2) is 0 Å². The summed E-state index contributed by atoms with van der Waals surface area (Å²) in [5.41, 5.74) is 5.20. The van der Waals surface area contributed by atoms with E-state index in [4.69, 9.17) is 9.29 Å². The average Bonchev–Trinajstić information content (AvgIpc) is 2.57. The van der Waals surface area contributed by atoms with Crippen molar-refractivity contribution in [1.82, 2.24) is 0 Å². The standard InChI is InChI=1S/C11H14O2.C4H8O4S.C2H6.CH5N/c1-5-8-11(13-9(4)12)10(6-2)7-3;1-4(5)2-3-9(6,7)8;2*1-2/h5-8H,2-3H2,1,4H3;2-3H2,1H3,(H,6,7,8);1-2H3;2H2,1H3/b8-5-;;;. The summed E-state index contributed by atoms with van der Waals surface area (Å²) in [5.74, 6) is -0.593. The SMILES string of the molecule is C=CC(C=C)=C(/C=C\C)OC(C)=O.CC.CC(=O)CCS(=O)(=O)O.CN. The number of hydrogen-bond acceptors (Lipinski definition) is 6. The van der Waals surface area contributed by atoms with Crippen LogP contribution in [0.5, 0.6) is 0 Å². The van der Waals surface area contributed by atoms with Gasteiger partial charge in [0.1, 0.15) is 11.5 Å². The number of nitrogens with two attached hydrogens (primary N) is 1. The number of esters is 1. The van der Waals surface area contributed by atoms with Crippen molar-refractivity contribution in [2.45, 2.75) is 41.0 Å². The van der Waals surface area contributed by atoms with E-state index in [0.717, 1.165) is 0 Å². The lowest BCUT2D eigenvalue weighted by Crippen LogP contribution is -2.07. The van der Waals surface area contributed by atoms with E-state index in [9.17, 15) is 18.0 Å². The van der Waals surface area contributed by atoms with Gasteiger partial charge in [-0.3, -0.25) is 14.1 Å². The molecule has 0 rings (SSSR count). The monoisotopic (exact) mass is 391 g/mol. The number of ether oxygens (including phenoxy) is 1. The Morgan fingerprint density at radius 1 is 1.12 bits per heavy atom. The van der Waals surface area contributed by atoms with Gasteiger partial charge in [-0.25, -0.2) is 0 Å². The van der Waals surface area contributed by atoms with Crippen molar-refractivity contribution in [2.24, 2.45) is 5.73 Å². The number of rotatable bonds is 7. The molecule has 0 fully saturated rings. The number of carbonyl (C=O) groups excluding carboxylic acids is 2. The van der Waals surface area contributed by atoms with Crippen LogP contribution in [0.25, 0.3) is 0 Å². The van der Waals surface area contributed by atoms with Crippen molar-refractivity contribution in [3.05, 3.63) is 48.8 Å². The number of Topliss-reactive ketones (excluding diaryl/α,β-unsaturated/α-hetero) is 1. The predicted octanol–water partition coefficient (Wildman–Crippen LogP) is 3.21. The molecule has 0 aliphatic rings. The minimum atomic E-state index is -3.94. The Labute approximate surface area is 158 Å². The van der Waals surface area contributed by atoms with Gasteiger partial charge in [0.2, 0.25) is 0 Å². The third-order valence-corrected chi connectivity index (χ3v) is 2.73. The second kappa shape index (κ2) is 21.0. The Kier molecular flexibility index (Phi) is 25.6. The van der Waals surface area contributed by atoms with Crippen LogP contribution >= 0.6 is 0 Å². The van der Waals surface area contributed by atoms with Crippen molar-refractivity contribution in [1.29, 1.82) is 0 Å². The molecule has 0 saturated carbocycles. The van der Waals surface area contributed by atoms with E-state index in [-0.39, 0.29) is 18.2 Å². The van der Waals surface area contributed by atoms with Crippen LogP contribution in [-0.4, -0.2) is 37.5 Å². The quantitative estimate of drug-likeness (QED) is 0.295. The van der Waals surface area contributed by atoms with E-state index >= 15 is 0 Å². The van der Waals surface area contributed by atoms with E-state index in [1.54, 1.807) is 24.3 Å². The topological polar surface area (TPSA) is 124 Å². The van der Waals surface area contributed by atoms with Gasteiger partial charge in [0.25, 0.3) is 10.1 Å². The van der Waals surface area contributed by atoms with Crippen molar-refractivity contribution in [3.63, 3.8) is 0 Å². The summed E-state index contributed by atoms with van der Waals surface area (Å²) in [7, 11) is -2.44. The van der Waals surface area contributed by atoms with Crippen LogP contribution < -0.4 is 5.73 Å². The minimum Gasteiger partial charge on any atom is -0.426 e. The lowest BCUT2D eigenvalue weighted by molar-refractivity contribution is -0.136. The zero-order chi connectivity index (χ0) is 21.8. The second-order valence-corrected chi connectivity index (χ2v) is 5.63. The maximum absolute atomic E-state index is 10.7. The van der Waals surface area contributed by atoms with Gasteiger partial charge >= 0.3 is 5.97 Å². The molecule has 0 spiro atoms. The first-order chi connectivity index (χ1) is 12.1. The van der Waals surface area contributed by atoms with Crippen molar-refractivity contribution < 1.29 is 27.3 Å². The molecule has 0 aromatic rings. The largest absolute Gasteiger partial charge is 0.426 e. The fourth-order valence-electron chi connectivity index (χ4n) is 1.05. The van der Waals surface area contributed by atoms with Crippen LogP contribution in [0.2, 0.25) is 0 Å². The van der Waals surface area contributed by atoms with E-state index < -0.39 is 15.9 Å². The fraction of sp³-hybridized carbons (Fsp3) is 0.444. The van der Waals surface area contributed by atoms with Crippen molar-refractivity contribution in [2.75, 3.05) is 12.8 Å². The maximum atomic E-state index is 10.7. The summed E-state index contributed by atoms with van der Waals surface area (Å²) >= 11 is 0. The van der Waals surface area contributed by atoms with Gasteiger partial charge in [0.05, 0.1) is 5.75 Å². The summed E-state index contributed by atoms with van der Waals surface area (Å²) in [6, 6.07) is 0. The van der Waals surface area contributed by atoms with E-state index in [1.165, 1.54) is 20.9 Å². The van der Waals surface area contributed by atoms with Crippen LogP contribution in [-0.2, 0) is 24.4 Å². The van der Waals surface area contributed by atoms with Gasteiger partial charge in [-0.2, -0.15) is 8.42 Å². The molecule has 0 aliphatic heterocycles. The molecule has 8 heteroatoms. The van der Waals surface area contributed by atoms with Crippen LogP contribution in [0.3, 0.4) is 0 Å². The van der Waals surface area contributed by atoms with Crippen LogP contribution in [0.1, 0.15) is 41.0 Å². The summed E-state index contributed by atoms with van der Waals surface area (Å²) in [5, 5.41) is 0. The Morgan fingerprint density at radius 3 is 1.73 bits per heavy atom. The Balaban J connectivity index is -0.000000162. The number of carbonyl (C=O) groups is 2. The highest BCUT2D eigenvalue weighted by Gasteiger charge is 2.04. The third kappa shape index (κ3) is 26.8. The van der Waals surface area contributed by atoms with Gasteiger partial charge in [-0.05, 0) is 27.0 Å². The van der Waals surface area contributed by atoms with E-state index in [2.05, 4.69) is 18.9 Å². The first-order valence-corrected chi connectivity index (χ1v) is 9.50. The Bertz CT molecular complexity index is 564. The highest BCUT2D eigenvalue weighted by Crippen LogP contribution is 2.10. The zero-order valence-corrected chi connectivity index (χ0v) is 17.4. The molecule has 0 heterocycles. The van der Waals surface area contributed by atoms with Crippen molar-refractivity contribution in [3.8, 4) is 0 Å². The van der Waals surface area contributed by atoms with Crippen molar-refractivity contribution >= 4 is 21.9 Å². The number of allylic oxidation sites excluding steroid dienone is 5. The summed E-state index contributed by atoms with van der Waals surface area (Å²) in [6.45, 7) is 15.6. The first-order valence-electron chi connectivity index (χ1n) is 7.90. The van der Waals surface area contributed by atoms with Gasteiger partial charge in [-0.1, -0.05) is 45.2 Å². The molecule has 0 aromatic carbocycles. The van der Waals surface area contributed by atoms with E-state index in [1.807, 2.05) is 20.8 Å². The summed E-state index contributed by atoms with van der Waals surface area (Å²) < 4.78 is 32.9. The molecule has 0 radical (unpaired) electrons. The van der Waals surface area contributed by atoms with Gasteiger partial charge in [-0.15, -0.1) is 0 Å². The molecule has 7 nitrogen and oxygen atoms in total. The molecule has 152 valence electrons. The third-order valence-electron chi connectivity index (χ3n) is 2.01. The fourth-order valence-corrected chi connectivity index (χ4v) is 1.60. The molecule has 0 bridgehead atoms. The first kappa shape index (κ1) is 31.7. The Morgan fingerprint density at radius 2 is 1.54 bits per heavy atom.